The molecule has 0 radical (unpaired) electrons. The van der Waals surface area contributed by atoms with Crippen molar-refractivity contribution in [3.05, 3.63) is 95.0 Å². The quantitative estimate of drug-likeness (QED) is 0.557. The molecule has 30 heavy (non-hydrogen) atoms. The Morgan fingerprint density at radius 1 is 0.967 bits per heavy atom. The summed E-state index contributed by atoms with van der Waals surface area (Å²) in [5, 5.41) is 3.49. The molecule has 0 saturated heterocycles. The SMILES string of the molecule is CC[C@H](NC(=O)c1ccc(N(C)S(=O)(=O)c2ccc(Cl)cc2)cc1)c1ccccc1. The van der Waals surface area contributed by atoms with Gasteiger partial charge in [-0.3, -0.25) is 9.10 Å². The van der Waals surface area contributed by atoms with Crippen LogP contribution >= 0.6 is 11.6 Å². The minimum absolute atomic E-state index is 0.0914. The van der Waals surface area contributed by atoms with Crippen LogP contribution in [0.1, 0.15) is 35.3 Å². The number of nitrogens with zero attached hydrogens (tertiary/aromatic N) is 1. The first-order valence-electron chi connectivity index (χ1n) is 9.53. The molecule has 1 atom stereocenters. The van der Waals surface area contributed by atoms with E-state index >= 15 is 0 Å². The summed E-state index contributed by atoms with van der Waals surface area (Å²) in [5.74, 6) is -0.208. The highest BCUT2D eigenvalue weighted by atomic mass is 35.5. The largest absolute Gasteiger partial charge is 0.345 e. The highest BCUT2D eigenvalue weighted by molar-refractivity contribution is 7.92. The summed E-state index contributed by atoms with van der Waals surface area (Å²) in [4.78, 5) is 12.8. The summed E-state index contributed by atoms with van der Waals surface area (Å²) in [6, 6.07) is 22.2. The molecule has 7 heteroatoms. The second-order valence-corrected chi connectivity index (χ2v) is 9.22. The molecule has 3 rings (SSSR count). The van der Waals surface area contributed by atoms with Gasteiger partial charge >= 0.3 is 0 Å². The second kappa shape index (κ2) is 9.32. The summed E-state index contributed by atoms with van der Waals surface area (Å²) in [7, 11) is -2.25. The number of anilines is 1. The molecule has 5 nitrogen and oxygen atoms in total. The topological polar surface area (TPSA) is 66.5 Å². The molecule has 3 aromatic rings. The Morgan fingerprint density at radius 3 is 2.13 bits per heavy atom. The average Bonchev–Trinajstić information content (AvgIpc) is 2.77. The smallest absolute Gasteiger partial charge is 0.264 e. The highest BCUT2D eigenvalue weighted by Gasteiger charge is 2.21. The van der Waals surface area contributed by atoms with Gasteiger partial charge in [0.2, 0.25) is 0 Å². The highest BCUT2D eigenvalue weighted by Crippen LogP contribution is 2.24. The molecule has 3 aromatic carbocycles. The van der Waals surface area contributed by atoms with Crippen LogP contribution in [0.25, 0.3) is 0 Å². The van der Waals surface area contributed by atoms with Crippen molar-refractivity contribution in [1.29, 1.82) is 0 Å². The van der Waals surface area contributed by atoms with Crippen molar-refractivity contribution in [3.63, 3.8) is 0 Å². The molecule has 0 aliphatic carbocycles. The number of hydrogen-bond acceptors (Lipinski definition) is 3. The van der Waals surface area contributed by atoms with E-state index < -0.39 is 10.0 Å². The molecule has 0 heterocycles. The number of sulfonamides is 1. The van der Waals surface area contributed by atoms with Crippen LogP contribution in [0.5, 0.6) is 0 Å². The third-order valence-corrected chi connectivity index (χ3v) is 6.93. The number of carbonyl (C=O) groups excluding carboxylic acids is 1. The second-order valence-electron chi connectivity index (χ2n) is 6.82. The molecule has 0 saturated carbocycles. The fourth-order valence-electron chi connectivity index (χ4n) is 3.07. The van der Waals surface area contributed by atoms with Crippen molar-refractivity contribution >= 4 is 33.2 Å². The molecule has 156 valence electrons. The van der Waals surface area contributed by atoms with E-state index in [-0.39, 0.29) is 16.8 Å². The Labute approximate surface area is 182 Å². The van der Waals surface area contributed by atoms with Gasteiger partial charge in [0.15, 0.2) is 0 Å². The van der Waals surface area contributed by atoms with Gasteiger partial charge in [-0.05, 0) is 60.5 Å². The van der Waals surface area contributed by atoms with Crippen LogP contribution in [-0.4, -0.2) is 21.4 Å². The summed E-state index contributed by atoms with van der Waals surface area (Å²) in [6.07, 6.45) is 0.760. The van der Waals surface area contributed by atoms with Crippen molar-refractivity contribution in [2.45, 2.75) is 24.3 Å². The minimum atomic E-state index is -3.73. The van der Waals surface area contributed by atoms with Crippen molar-refractivity contribution in [1.82, 2.24) is 5.32 Å². The monoisotopic (exact) mass is 442 g/mol. The van der Waals surface area contributed by atoms with Gasteiger partial charge in [-0.1, -0.05) is 48.9 Å². The van der Waals surface area contributed by atoms with Crippen molar-refractivity contribution < 1.29 is 13.2 Å². The maximum atomic E-state index is 12.8. The fourth-order valence-corrected chi connectivity index (χ4v) is 4.40. The number of benzene rings is 3. The van der Waals surface area contributed by atoms with E-state index in [1.54, 1.807) is 24.3 Å². The van der Waals surface area contributed by atoms with Crippen LogP contribution in [0.2, 0.25) is 5.02 Å². The molecular weight excluding hydrogens is 420 g/mol. The lowest BCUT2D eigenvalue weighted by Gasteiger charge is -2.20. The normalized spacial score (nSPS) is 12.2. The lowest BCUT2D eigenvalue weighted by atomic mass is 10.0. The maximum absolute atomic E-state index is 12.8. The van der Waals surface area contributed by atoms with Crippen LogP contribution in [0.4, 0.5) is 5.69 Å². The summed E-state index contributed by atoms with van der Waals surface area (Å²) < 4.78 is 26.8. The fraction of sp³-hybridized carbons (Fsp3) is 0.174. The standard InChI is InChI=1S/C23H23ClN2O3S/c1-3-22(17-7-5-4-6-8-17)25-23(27)18-9-13-20(14-10-18)26(2)30(28,29)21-15-11-19(24)12-16-21/h4-16,22H,3H2,1-2H3,(H,25,27)/t22-/m0/s1. The van der Waals surface area contributed by atoms with Gasteiger partial charge in [0.1, 0.15) is 0 Å². The molecule has 0 spiro atoms. The van der Waals surface area contributed by atoms with Crippen LogP contribution in [0, 0.1) is 0 Å². The third-order valence-electron chi connectivity index (χ3n) is 4.88. The lowest BCUT2D eigenvalue weighted by Crippen LogP contribution is -2.28. The molecule has 0 bridgehead atoms. The van der Waals surface area contributed by atoms with Crippen LogP contribution in [0.3, 0.4) is 0 Å². The Bertz CT molecular complexity index is 1100. The molecule has 0 aliphatic rings. The third kappa shape index (κ3) is 4.83. The van der Waals surface area contributed by atoms with E-state index in [1.807, 2.05) is 37.3 Å². The van der Waals surface area contributed by atoms with Crippen LogP contribution in [0.15, 0.2) is 83.8 Å². The number of rotatable bonds is 7. The van der Waals surface area contributed by atoms with Crippen molar-refractivity contribution in [2.75, 3.05) is 11.4 Å². The van der Waals surface area contributed by atoms with Crippen molar-refractivity contribution in [3.8, 4) is 0 Å². The number of hydrogen-bond donors (Lipinski definition) is 1. The number of nitrogens with one attached hydrogen (secondary N) is 1. The Kier molecular flexibility index (Phi) is 6.80. The van der Waals surface area contributed by atoms with Crippen LogP contribution in [-0.2, 0) is 10.0 Å². The van der Waals surface area contributed by atoms with E-state index in [9.17, 15) is 13.2 Å². The van der Waals surface area contributed by atoms with Gasteiger partial charge in [0.25, 0.3) is 15.9 Å². The van der Waals surface area contributed by atoms with E-state index in [0.29, 0.717) is 16.3 Å². The first-order valence-corrected chi connectivity index (χ1v) is 11.3. The van der Waals surface area contributed by atoms with E-state index in [4.69, 9.17) is 11.6 Å². The van der Waals surface area contributed by atoms with Crippen LogP contribution < -0.4 is 9.62 Å². The van der Waals surface area contributed by atoms with Gasteiger partial charge in [-0.25, -0.2) is 8.42 Å². The zero-order chi connectivity index (χ0) is 21.7. The average molecular weight is 443 g/mol. The summed E-state index contributed by atoms with van der Waals surface area (Å²) in [5.41, 5.74) is 1.96. The van der Waals surface area contributed by atoms with E-state index in [1.165, 1.54) is 35.6 Å². The van der Waals surface area contributed by atoms with Gasteiger partial charge in [-0.15, -0.1) is 0 Å². The number of amides is 1. The molecule has 1 amide bonds. The van der Waals surface area contributed by atoms with Crippen molar-refractivity contribution in [2.24, 2.45) is 0 Å². The number of halogens is 1. The Morgan fingerprint density at radius 2 is 1.57 bits per heavy atom. The summed E-state index contributed by atoms with van der Waals surface area (Å²) >= 11 is 5.84. The molecular formula is C23H23ClN2O3S. The summed E-state index contributed by atoms with van der Waals surface area (Å²) in [6.45, 7) is 2.01. The molecule has 0 fully saturated rings. The van der Waals surface area contributed by atoms with E-state index in [2.05, 4.69) is 5.32 Å². The first-order chi connectivity index (χ1) is 14.3. The zero-order valence-electron chi connectivity index (χ0n) is 16.7. The minimum Gasteiger partial charge on any atom is -0.345 e. The predicted molar refractivity (Wildman–Crippen MR) is 120 cm³/mol. The Hall–Kier alpha value is -2.83. The first kappa shape index (κ1) is 21.9. The van der Waals surface area contributed by atoms with Gasteiger partial charge in [0, 0.05) is 17.6 Å². The number of carbonyl (C=O) groups is 1. The van der Waals surface area contributed by atoms with Gasteiger partial charge in [0.05, 0.1) is 16.6 Å². The van der Waals surface area contributed by atoms with E-state index in [0.717, 1.165) is 12.0 Å². The molecule has 0 unspecified atom stereocenters. The van der Waals surface area contributed by atoms with Gasteiger partial charge in [-0.2, -0.15) is 0 Å². The maximum Gasteiger partial charge on any atom is 0.264 e. The Balaban J connectivity index is 1.75. The zero-order valence-corrected chi connectivity index (χ0v) is 18.3. The lowest BCUT2D eigenvalue weighted by molar-refractivity contribution is 0.0935. The molecule has 0 aromatic heterocycles. The molecule has 0 aliphatic heterocycles. The molecule has 1 N–H and O–H groups in total. The predicted octanol–water partition coefficient (Wildman–Crippen LogP) is 5.05. The van der Waals surface area contributed by atoms with Gasteiger partial charge < -0.3 is 5.32 Å².